The number of rotatable bonds is 11. The van der Waals surface area contributed by atoms with E-state index < -0.39 is 23.3 Å². The van der Waals surface area contributed by atoms with Crippen LogP contribution in [0.1, 0.15) is 55.8 Å². The summed E-state index contributed by atoms with van der Waals surface area (Å²) in [7, 11) is 1.54. The fourth-order valence-electron chi connectivity index (χ4n) is 5.46. The molecule has 1 aromatic heterocycles. The van der Waals surface area contributed by atoms with Crippen LogP contribution in [0.2, 0.25) is 0 Å². The fraction of sp³-hybridized carbons (Fsp3) is 0.448. The summed E-state index contributed by atoms with van der Waals surface area (Å²) in [5, 5.41) is 21.2. The van der Waals surface area contributed by atoms with Crippen molar-refractivity contribution in [3.05, 3.63) is 71.7 Å². The molecule has 0 saturated carbocycles. The lowest BCUT2D eigenvalue weighted by atomic mass is 9.71. The smallest absolute Gasteiger partial charge is 0.303 e. The predicted molar refractivity (Wildman–Crippen MR) is 138 cm³/mol. The highest BCUT2D eigenvalue weighted by Gasteiger charge is 2.37. The molecule has 4 rings (SSSR count). The topological polar surface area (TPSA) is 82.9 Å². The number of carboxylic acids is 1. The van der Waals surface area contributed by atoms with Gasteiger partial charge in [0.15, 0.2) is 0 Å². The van der Waals surface area contributed by atoms with Gasteiger partial charge in [-0.2, -0.15) is 0 Å². The summed E-state index contributed by atoms with van der Waals surface area (Å²) >= 11 is 0. The van der Waals surface area contributed by atoms with Gasteiger partial charge < -0.3 is 19.8 Å². The van der Waals surface area contributed by atoms with Gasteiger partial charge >= 0.3 is 5.97 Å². The van der Waals surface area contributed by atoms with Crippen LogP contribution in [-0.2, 0) is 11.2 Å². The molecule has 0 bridgehead atoms. The van der Waals surface area contributed by atoms with Crippen LogP contribution in [0.5, 0.6) is 5.75 Å². The molecule has 0 radical (unpaired) electrons. The highest BCUT2D eigenvalue weighted by atomic mass is 19.1. The molecule has 1 atom stereocenters. The number of ether oxygens (including phenoxy) is 1. The molecule has 2 aromatic carbocycles. The normalized spacial score (nSPS) is 16.6. The molecule has 1 saturated heterocycles. The Morgan fingerprint density at radius 1 is 1.19 bits per heavy atom. The number of aryl methyl sites for hydroxylation is 1. The van der Waals surface area contributed by atoms with E-state index in [1.165, 1.54) is 12.7 Å². The molecule has 0 aliphatic carbocycles. The number of carbonyl (C=O) groups is 1. The number of piperidine rings is 1. The summed E-state index contributed by atoms with van der Waals surface area (Å²) in [6.45, 7) is 2.65. The first-order valence-corrected chi connectivity index (χ1v) is 12.7. The maximum absolute atomic E-state index is 14.8. The Hall–Kier alpha value is -3.03. The molecule has 36 heavy (non-hydrogen) atoms. The first-order chi connectivity index (χ1) is 17.4. The van der Waals surface area contributed by atoms with Crippen LogP contribution >= 0.6 is 0 Å². The molecule has 2 N–H and O–H groups in total. The van der Waals surface area contributed by atoms with Crippen LogP contribution in [0.15, 0.2) is 54.7 Å². The number of benzene rings is 2. The zero-order valence-corrected chi connectivity index (χ0v) is 20.8. The Labute approximate surface area is 211 Å². The number of pyridine rings is 1. The Morgan fingerprint density at radius 3 is 2.64 bits per heavy atom. The Bertz CT molecular complexity index is 1160. The van der Waals surface area contributed by atoms with E-state index in [1.54, 1.807) is 18.2 Å². The monoisotopic (exact) mass is 494 g/mol. The van der Waals surface area contributed by atoms with Crippen LogP contribution in [0, 0.1) is 11.2 Å². The number of nitrogens with zero attached hydrogens (tertiary/aromatic N) is 2. The van der Waals surface area contributed by atoms with Crippen molar-refractivity contribution in [2.45, 2.75) is 51.0 Å². The number of aliphatic hydroxyl groups is 1. The van der Waals surface area contributed by atoms with Crippen LogP contribution < -0.4 is 4.74 Å². The second-order valence-corrected chi connectivity index (χ2v) is 9.96. The first-order valence-electron chi connectivity index (χ1n) is 12.7. The van der Waals surface area contributed by atoms with Crippen molar-refractivity contribution in [1.82, 2.24) is 9.88 Å². The van der Waals surface area contributed by atoms with E-state index in [2.05, 4.69) is 34.1 Å². The summed E-state index contributed by atoms with van der Waals surface area (Å²) in [5.41, 5.74) is 1.70. The minimum absolute atomic E-state index is 0.0605. The van der Waals surface area contributed by atoms with Crippen molar-refractivity contribution in [3.63, 3.8) is 0 Å². The number of halogens is 1. The minimum Gasteiger partial charge on any atom is -0.497 e. The maximum Gasteiger partial charge on any atom is 0.303 e. The average Bonchev–Trinajstić information content (AvgIpc) is 2.88. The standard InChI is InChI=1S/C29H35FN2O4/c1-36-22-9-10-25-23(18-22)28(24(30)20-31-25)26(33)11-12-29(19-27(34)35)13-16-32(17-14-29)15-5-8-21-6-3-2-4-7-21/h2-4,6-7,9-10,18,20,26,33H,5,8,11-17,19H2,1H3,(H,34,35)/t26-/m1/s1. The third kappa shape index (κ3) is 6.39. The molecule has 1 aliphatic heterocycles. The number of carboxylic acid groups (broad SMARTS) is 1. The van der Waals surface area contributed by atoms with Gasteiger partial charge in [-0.15, -0.1) is 0 Å². The zero-order valence-electron chi connectivity index (χ0n) is 20.8. The summed E-state index contributed by atoms with van der Waals surface area (Å²) in [6, 6.07) is 15.6. The third-order valence-electron chi connectivity index (χ3n) is 7.58. The Kier molecular flexibility index (Phi) is 8.54. The van der Waals surface area contributed by atoms with E-state index in [4.69, 9.17) is 4.74 Å². The lowest BCUT2D eigenvalue weighted by Crippen LogP contribution is -2.41. The molecule has 6 nitrogen and oxygen atoms in total. The number of aliphatic carboxylic acids is 1. The Morgan fingerprint density at radius 2 is 1.94 bits per heavy atom. The molecular formula is C29H35FN2O4. The van der Waals surface area contributed by atoms with Crippen molar-refractivity contribution in [2.75, 3.05) is 26.7 Å². The van der Waals surface area contributed by atoms with Crippen molar-refractivity contribution in [1.29, 1.82) is 0 Å². The largest absolute Gasteiger partial charge is 0.497 e. The first kappa shape index (κ1) is 26.0. The van der Waals surface area contributed by atoms with Gasteiger partial charge in [-0.05, 0) is 87.3 Å². The summed E-state index contributed by atoms with van der Waals surface area (Å²) in [6.07, 6.45) is 4.54. The molecule has 7 heteroatoms. The Balaban J connectivity index is 1.39. The number of hydrogen-bond acceptors (Lipinski definition) is 5. The quantitative estimate of drug-likeness (QED) is 0.372. The van der Waals surface area contributed by atoms with Gasteiger partial charge in [-0.3, -0.25) is 9.78 Å². The van der Waals surface area contributed by atoms with Crippen molar-refractivity contribution in [2.24, 2.45) is 5.41 Å². The van der Waals surface area contributed by atoms with Crippen molar-refractivity contribution in [3.8, 4) is 5.75 Å². The molecule has 3 aromatic rings. The second-order valence-electron chi connectivity index (χ2n) is 9.96. The molecule has 0 amide bonds. The molecule has 0 spiro atoms. The summed E-state index contributed by atoms with van der Waals surface area (Å²) in [5.74, 6) is -0.832. The third-order valence-corrected chi connectivity index (χ3v) is 7.58. The number of hydrogen-bond donors (Lipinski definition) is 2. The highest BCUT2D eigenvalue weighted by molar-refractivity contribution is 5.84. The number of aliphatic hydroxyl groups excluding tert-OH is 1. The van der Waals surface area contributed by atoms with Crippen molar-refractivity contribution >= 4 is 16.9 Å². The van der Waals surface area contributed by atoms with E-state index in [1.807, 2.05) is 6.07 Å². The summed E-state index contributed by atoms with van der Waals surface area (Å²) in [4.78, 5) is 18.3. The van der Waals surface area contributed by atoms with Crippen LogP contribution in [0.25, 0.3) is 10.9 Å². The van der Waals surface area contributed by atoms with Crippen LogP contribution in [-0.4, -0.2) is 52.8 Å². The average molecular weight is 495 g/mol. The lowest BCUT2D eigenvalue weighted by molar-refractivity contribution is -0.141. The maximum atomic E-state index is 14.8. The van der Waals surface area contributed by atoms with Gasteiger partial charge in [0, 0.05) is 10.9 Å². The van der Waals surface area contributed by atoms with Crippen LogP contribution in [0.3, 0.4) is 0 Å². The van der Waals surface area contributed by atoms with Gasteiger partial charge in [-0.25, -0.2) is 4.39 Å². The highest BCUT2D eigenvalue weighted by Crippen LogP contribution is 2.42. The number of methoxy groups -OCH3 is 1. The molecule has 1 fully saturated rings. The minimum atomic E-state index is -1.06. The van der Waals surface area contributed by atoms with Gasteiger partial charge in [0.05, 0.1) is 31.3 Å². The molecule has 1 aliphatic rings. The summed E-state index contributed by atoms with van der Waals surface area (Å²) < 4.78 is 20.1. The van der Waals surface area contributed by atoms with E-state index in [9.17, 15) is 19.4 Å². The molecule has 2 heterocycles. The number of likely N-dealkylation sites (tertiary alicyclic amines) is 1. The SMILES string of the molecule is COc1ccc2ncc(F)c([C@H](O)CCC3(CC(=O)O)CCN(CCCc4ccccc4)CC3)c2c1. The molecular weight excluding hydrogens is 459 g/mol. The zero-order chi connectivity index (χ0) is 25.5. The fourth-order valence-corrected chi connectivity index (χ4v) is 5.46. The van der Waals surface area contributed by atoms with E-state index in [-0.39, 0.29) is 18.4 Å². The van der Waals surface area contributed by atoms with E-state index in [0.717, 1.165) is 51.5 Å². The molecule has 192 valence electrons. The van der Waals surface area contributed by atoms with Crippen molar-refractivity contribution < 1.29 is 24.1 Å². The van der Waals surface area contributed by atoms with Crippen LogP contribution in [0.4, 0.5) is 4.39 Å². The van der Waals surface area contributed by atoms with Gasteiger partial charge in [0.2, 0.25) is 0 Å². The second kappa shape index (κ2) is 11.8. The lowest BCUT2D eigenvalue weighted by Gasteiger charge is -2.41. The molecule has 0 unspecified atom stereocenters. The van der Waals surface area contributed by atoms with Gasteiger partial charge in [-0.1, -0.05) is 30.3 Å². The van der Waals surface area contributed by atoms with Gasteiger partial charge in [0.25, 0.3) is 0 Å². The van der Waals surface area contributed by atoms with Gasteiger partial charge in [0.1, 0.15) is 11.6 Å². The number of aromatic nitrogens is 1. The van der Waals surface area contributed by atoms with E-state index >= 15 is 0 Å². The van der Waals surface area contributed by atoms with E-state index in [0.29, 0.717) is 23.1 Å². The predicted octanol–water partition coefficient (Wildman–Crippen LogP) is 5.39. The number of fused-ring (bicyclic) bond motifs is 1.